The van der Waals surface area contributed by atoms with E-state index in [1.165, 1.54) is 38.6 Å². The second kappa shape index (κ2) is 4.21. The van der Waals surface area contributed by atoms with Gasteiger partial charge in [0.05, 0.1) is 0 Å². The minimum atomic E-state index is 0.387. The molecule has 0 spiro atoms. The van der Waals surface area contributed by atoms with E-state index in [2.05, 4.69) is 18.7 Å². The molecule has 19 heavy (non-hydrogen) atoms. The molecule has 0 radical (unpaired) electrons. The molecular formula is C17H30N2. The van der Waals surface area contributed by atoms with Crippen LogP contribution in [-0.2, 0) is 0 Å². The zero-order valence-electron chi connectivity index (χ0n) is 12.6. The van der Waals surface area contributed by atoms with Gasteiger partial charge < -0.3 is 5.73 Å². The van der Waals surface area contributed by atoms with Gasteiger partial charge in [0.2, 0.25) is 0 Å². The van der Waals surface area contributed by atoms with Crippen LogP contribution in [-0.4, -0.2) is 29.6 Å². The van der Waals surface area contributed by atoms with Crippen molar-refractivity contribution in [2.45, 2.75) is 64.0 Å². The normalized spacial score (nSPS) is 57.0. The quantitative estimate of drug-likeness (QED) is 0.829. The third kappa shape index (κ3) is 1.62. The van der Waals surface area contributed by atoms with Crippen molar-refractivity contribution in [2.24, 2.45) is 35.3 Å². The summed E-state index contributed by atoms with van der Waals surface area (Å²) < 4.78 is 0. The summed E-state index contributed by atoms with van der Waals surface area (Å²) in [5, 5.41) is 0. The Hall–Kier alpha value is -0.0800. The summed E-state index contributed by atoms with van der Waals surface area (Å²) in [5.74, 6) is 4.81. The van der Waals surface area contributed by atoms with E-state index in [9.17, 15) is 0 Å². The predicted molar refractivity (Wildman–Crippen MR) is 78.8 cm³/mol. The molecule has 4 bridgehead atoms. The number of nitrogens with zero attached hydrogens (tertiary/aromatic N) is 1. The van der Waals surface area contributed by atoms with Gasteiger partial charge in [-0.05, 0) is 75.0 Å². The van der Waals surface area contributed by atoms with Crippen molar-refractivity contribution in [3.05, 3.63) is 0 Å². The van der Waals surface area contributed by atoms with Crippen molar-refractivity contribution >= 4 is 0 Å². The van der Waals surface area contributed by atoms with Gasteiger partial charge in [0, 0.05) is 24.7 Å². The Morgan fingerprint density at radius 1 is 0.947 bits per heavy atom. The Morgan fingerprint density at radius 2 is 1.53 bits per heavy atom. The molecule has 4 saturated carbocycles. The van der Waals surface area contributed by atoms with Crippen molar-refractivity contribution in [1.29, 1.82) is 0 Å². The molecule has 4 aliphatic carbocycles. The molecule has 5 aliphatic rings. The van der Waals surface area contributed by atoms with Gasteiger partial charge >= 0.3 is 0 Å². The van der Waals surface area contributed by atoms with E-state index in [1.54, 1.807) is 6.42 Å². The van der Waals surface area contributed by atoms with Crippen LogP contribution in [0.25, 0.3) is 0 Å². The minimum absolute atomic E-state index is 0.387. The summed E-state index contributed by atoms with van der Waals surface area (Å²) in [4.78, 5) is 2.88. The van der Waals surface area contributed by atoms with Gasteiger partial charge in [0.1, 0.15) is 0 Å². The molecule has 2 atom stereocenters. The van der Waals surface area contributed by atoms with Crippen LogP contribution in [0.4, 0.5) is 0 Å². The van der Waals surface area contributed by atoms with Gasteiger partial charge in [0.25, 0.3) is 0 Å². The second-order valence-electron chi connectivity index (χ2n) is 8.34. The largest absolute Gasteiger partial charge is 0.329 e. The molecule has 0 amide bonds. The minimum Gasteiger partial charge on any atom is -0.329 e. The fraction of sp³-hybridized carbons (Fsp3) is 1.00. The number of hydrogen-bond donors (Lipinski definition) is 1. The van der Waals surface area contributed by atoms with E-state index in [1.807, 2.05) is 0 Å². The summed E-state index contributed by atoms with van der Waals surface area (Å²) >= 11 is 0. The van der Waals surface area contributed by atoms with Gasteiger partial charge in [-0.25, -0.2) is 0 Å². The van der Waals surface area contributed by atoms with Crippen LogP contribution in [0.3, 0.4) is 0 Å². The molecular weight excluding hydrogens is 232 g/mol. The lowest BCUT2D eigenvalue weighted by Crippen LogP contribution is -2.69. The number of rotatable bonds is 2. The first-order valence-corrected chi connectivity index (χ1v) is 8.60. The lowest BCUT2D eigenvalue weighted by molar-refractivity contribution is -0.134. The van der Waals surface area contributed by atoms with Gasteiger partial charge in [0.15, 0.2) is 0 Å². The molecule has 0 aromatic heterocycles. The van der Waals surface area contributed by atoms with Gasteiger partial charge in [-0.15, -0.1) is 0 Å². The molecule has 1 saturated heterocycles. The summed E-state index contributed by atoms with van der Waals surface area (Å²) in [6.07, 6.45) is 8.88. The van der Waals surface area contributed by atoms with Crippen LogP contribution in [0.2, 0.25) is 0 Å². The van der Waals surface area contributed by atoms with E-state index < -0.39 is 0 Å². The van der Waals surface area contributed by atoms with Crippen LogP contribution in [0.1, 0.15) is 52.4 Å². The van der Waals surface area contributed by atoms with Crippen molar-refractivity contribution in [1.82, 2.24) is 4.90 Å². The Bertz CT molecular complexity index is 336. The first-order chi connectivity index (χ1) is 9.13. The number of nitrogens with two attached hydrogens (primary N) is 1. The van der Waals surface area contributed by atoms with Crippen LogP contribution in [0, 0.1) is 29.6 Å². The average molecular weight is 262 g/mol. The molecule has 1 aliphatic heterocycles. The predicted octanol–water partition coefficient (Wildman–Crippen LogP) is 2.87. The Labute approximate surface area is 118 Å². The van der Waals surface area contributed by atoms with E-state index in [0.29, 0.717) is 5.54 Å². The highest BCUT2D eigenvalue weighted by atomic mass is 15.3. The highest BCUT2D eigenvalue weighted by molar-refractivity contribution is 5.14. The average Bonchev–Trinajstić information content (AvgIpc) is 2.69. The molecule has 0 aromatic rings. The van der Waals surface area contributed by atoms with Gasteiger partial charge in [-0.3, -0.25) is 4.90 Å². The molecule has 0 aromatic carbocycles. The maximum Gasteiger partial charge on any atom is 0.0391 e. The van der Waals surface area contributed by atoms with Crippen LogP contribution in [0.15, 0.2) is 0 Å². The molecule has 2 unspecified atom stereocenters. The zero-order chi connectivity index (χ0) is 13.2. The Morgan fingerprint density at radius 3 is 1.95 bits per heavy atom. The molecule has 1 heterocycles. The summed E-state index contributed by atoms with van der Waals surface area (Å²) in [7, 11) is 0. The van der Waals surface area contributed by atoms with Gasteiger partial charge in [-0.1, -0.05) is 6.92 Å². The van der Waals surface area contributed by atoms with Crippen LogP contribution >= 0.6 is 0 Å². The van der Waals surface area contributed by atoms with E-state index in [4.69, 9.17) is 5.73 Å². The summed E-state index contributed by atoms with van der Waals surface area (Å²) in [6.45, 7) is 7.10. The van der Waals surface area contributed by atoms with Crippen LogP contribution in [0.5, 0.6) is 0 Å². The van der Waals surface area contributed by atoms with Crippen LogP contribution < -0.4 is 5.73 Å². The van der Waals surface area contributed by atoms with E-state index >= 15 is 0 Å². The second-order valence-corrected chi connectivity index (χ2v) is 8.34. The molecule has 5 fully saturated rings. The third-order valence-electron chi connectivity index (χ3n) is 7.20. The number of hydrogen-bond acceptors (Lipinski definition) is 2. The first kappa shape index (κ1) is 12.6. The standard InChI is InChI=1S/C17H30N2/c1-11-3-12(2)19(9-11)17(10-18)15-5-13-4-14(7-15)8-16(17)6-13/h11-16H,3-10,18H2,1-2H3. The molecule has 5 rings (SSSR count). The molecule has 108 valence electrons. The zero-order valence-corrected chi connectivity index (χ0v) is 12.6. The maximum atomic E-state index is 6.43. The van der Waals surface area contributed by atoms with Gasteiger partial charge in [-0.2, -0.15) is 0 Å². The van der Waals surface area contributed by atoms with Crippen molar-refractivity contribution in [3.8, 4) is 0 Å². The fourth-order valence-electron chi connectivity index (χ4n) is 6.80. The lowest BCUT2D eigenvalue weighted by atomic mass is 9.48. The SMILES string of the molecule is CC1CC(C)N(C2(CN)C3CC4CC(C3)CC2C4)C1. The maximum absolute atomic E-state index is 6.43. The molecule has 2 heteroatoms. The summed E-state index contributed by atoms with van der Waals surface area (Å²) in [6, 6.07) is 0.760. The topological polar surface area (TPSA) is 29.3 Å². The first-order valence-electron chi connectivity index (χ1n) is 8.60. The van der Waals surface area contributed by atoms with E-state index in [-0.39, 0.29) is 0 Å². The molecule has 2 nitrogen and oxygen atoms in total. The smallest absolute Gasteiger partial charge is 0.0391 e. The number of likely N-dealkylation sites (tertiary alicyclic amines) is 1. The Balaban J connectivity index is 1.70. The third-order valence-corrected chi connectivity index (χ3v) is 7.20. The van der Waals surface area contributed by atoms with E-state index in [0.717, 1.165) is 42.2 Å². The monoisotopic (exact) mass is 262 g/mol. The Kier molecular flexibility index (Phi) is 2.80. The summed E-state index contributed by atoms with van der Waals surface area (Å²) in [5.41, 5.74) is 6.82. The molecule has 2 N–H and O–H groups in total. The highest BCUT2D eigenvalue weighted by Crippen LogP contribution is 2.60. The highest BCUT2D eigenvalue weighted by Gasteiger charge is 2.60. The van der Waals surface area contributed by atoms with Crippen molar-refractivity contribution < 1.29 is 0 Å². The lowest BCUT2D eigenvalue weighted by Gasteiger charge is -2.65. The van der Waals surface area contributed by atoms with Crippen molar-refractivity contribution in [3.63, 3.8) is 0 Å². The fourth-order valence-corrected chi connectivity index (χ4v) is 6.80. The van der Waals surface area contributed by atoms with Crippen molar-refractivity contribution in [2.75, 3.05) is 13.1 Å².